The van der Waals surface area contributed by atoms with Crippen LogP contribution in [-0.2, 0) is 35.1 Å². The molecule has 0 spiro atoms. The van der Waals surface area contributed by atoms with E-state index in [0.29, 0.717) is 5.56 Å². The van der Waals surface area contributed by atoms with Crippen molar-refractivity contribution >= 4 is 41.6 Å². The summed E-state index contributed by atoms with van der Waals surface area (Å²) >= 11 is 0. The van der Waals surface area contributed by atoms with Crippen LogP contribution in [0.25, 0.3) is 0 Å². The van der Waals surface area contributed by atoms with Crippen molar-refractivity contribution in [1.82, 2.24) is 26.6 Å². The van der Waals surface area contributed by atoms with Crippen molar-refractivity contribution in [3.63, 3.8) is 0 Å². The molecule has 2 rings (SSSR count). The first-order chi connectivity index (χ1) is 21.0. The Morgan fingerprint density at radius 1 is 0.795 bits per heavy atom. The highest BCUT2D eigenvalue weighted by molar-refractivity contribution is 5.92. The maximum atomic E-state index is 12.8. The van der Waals surface area contributed by atoms with Gasteiger partial charge in [0.05, 0.1) is 31.2 Å². The van der Waals surface area contributed by atoms with E-state index in [9.17, 15) is 38.9 Å². The number of carboxylic acid groups (broad SMARTS) is 1. The minimum atomic E-state index is -1.41. The molecule has 18 heteroatoms. The van der Waals surface area contributed by atoms with Crippen molar-refractivity contribution in [2.45, 2.75) is 12.5 Å². The molecular weight excluding hydrogens is 588 g/mol. The highest BCUT2D eigenvalue weighted by atomic mass is 16.7. The Balaban J connectivity index is 1.69. The molecule has 0 fully saturated rings. The quantitative estimate of drug-likeness (QED) is 0.0325. The number of amides is 5. The second-order valence-corrected chi connectivity index (χ2v) is 8.57. The number of hydrogen-bond acceptors (Lipinski definition) is 11. The van der Waals surface area contributed by atoms with Crippen LogP contribution in [0.2, 0.25) is 0 Å². The number of benzene rings is 2. The standard InChI is InChI=1S/C26H30N6O12/c33-21(14-29-25(37)38)27-15-23(35)31-20(12-17-4-2-1-3-5-17)24(36)28-13-22(34)30-16-42-10-11-43-26(39)44-19-8-6-18(7-9-19)32(40)41/h1-9,20,29H,10-16H2,(H,27,33)(H,28,36)(H,30,34)(H,31,35)(H,37,38). The molecule has 236 valence electrons. The van der Waals surface area contributed by atoms with Gasteiger partial charge in [-0.3, -0.25) is 29.3 Å². The Kier molecular flexibility index (Phi) is 14.6. The summed E-state index contributed by atoms with van der Waals surface area (Å²) in [6.45, 7) is -2.16. The van der Waals surface area contributed by atoms with Crippen molar-refractivity contribution in [3.8, 4) is 5.75 Å². The molecule has 0 aliphatic carbocycles. The molecule has 1 unspecified atom stereocenters. The van der Waals surface area contributed by atoms with E-state index in [0.717, 1.165) is 12.1 Å². The van der Waals surface area contributed by atoms with Gasteiger partial charge in [0.15, 0.2) is 0 Å². The van der Waals surface area contributed by atoms with Crippen LogP contribution in [0.1, 0.15) is 5.56 Å². The van der Waals surface area contributed by atoms with E-state index in [1.807, 2.05) is 5.32 Å². The number of nitro benzene ring substituents is 1. The number of carbonyl (C=O) groups is 6. The lowest BCUT2D eigenvalue weighted by Gasteiger charge is -2.19. The minimum Gasteiger partial charge on any atom is -0.465 e. The van der Waals surface area contributed by atoms with Crippen molar-refractivity contribution in [1.29, 1.82) is 0 Å². The van der Waals surface area contributed by atoms with E-state index in [1.54, 1.807) is 30.3 Å². The Morgan fingerprint density at radius 2 is 1.43 bits per heavy atom. The van der Waals surface area contributed by atoms with Crippen molar-refractivity contribution in [3.05, 3.63) is 70.3 Å². The average molecular weight is 619 g/mol. The van der Waals surface area contributed by atoms with Crippen LogP contribution in [0, 0.1) is 10.1 Å². The summed E-state index contributed by atoms with van der Waals surface area (Å²) in [6.07, 6.45) is -2.40. The SMILES string of the molecule is O=C(O)NCC(=O)NCC(=O)NC(Cc1ccccc1)C(=O)NCC(=O)NCOCCOC(=O)Oc1ccc([N+](=O)[O-])cc1. The van der Waals surface area contributed by atoms with Gasteiger partial charge >= 0.3 is 12.2 Å². The summed E-state index contributed by atoms with van der Waals surface area (Å²) in [5, 5.41) is 30.5. The Morgan fingerprint density at radius 3 is 2.09 bits per heavy atom. The minimum absolute atomic E-state index is 0.0405. The smallest absolute Gasteiger partial charge is 0.465 e. The van der Waals surface area contributed by atoms with Gasteiger partial charge in [0, 0.05) is 18.6 Å². The van der Waals surface area contributed by atoms with Crippen LogP contribution in [-0.4, -0.2) is 91.5 Å². The number of nitro groups is 1. The van der Waals surface area contributed by atoms with E-state index >= 15 is 0 Å². The molecule has 0 aliphatic heterocycles. The third kappa shape index (κ3) is 14.2. The first kappa shape index (κ1) is 34.4. The van der Waals surface area contributed by atoms with Crippen LogP contribution < -0.4 is 31.3 Å². The molecular formula is C26H30N6O12. The Labute approximate surface area is 249 Å². The van der Waals surface area contributed by atoms with Gasteiger partial charge in [0.1, 0.15) is 25.1 Å². The van der Waals surface area contributed by atoms with Crippen LogP contribution in [0.5, 0.6) is 5.75 Å². The van der Waals surface area contributed by atoms with Gasteiger partial charge in [0.2, 0.25) is 23.6 Å². The molecule has 6 N–H and O–H groups in total. The third-order valence-corrected chi connectivity index (χ3v) is 5.27. The molecule has 2 aromatic carbocycles. The zero-order valence-corrected chi connectivity index (χ0v) is 23.1. The fourth-order valence-electron chi connectivity index (χ4n) is 3.20. The van der Waals surface area contributed by atoms with Gasteiger partial charge in [-0.15, -0.1) is 0 Å². The first-order valence-corrected chi connectivity index (χ1v) is 12.8. The van der Waals surface area contributed by atoms with Crippen LogP contribution in [0.15, 0.2) is 54.6 Å². The van der Waals surface area contributed by atoms with E-state index in [-0.39, 0.29) is 37.8 Å². The van der Waals surface area contributed by atoms with Gasteiger partial charge in [-0.2, -0.15) is 0 Å². The van der Waals surface area contributed by atoms with Gasteiger partial charge in [-0.25, -0.2) is 9.59 Å². The normalized spacial score (nSPS) is 10.8. The number of nitrogens with one attached hydrogen (secondary N) is 5. The number of nitrogens with zero attached hydrogens (tertiary/aromatic N) is 1. The molecule has 44 heavy (non-hydrogen) atoms. The molecule has 0 heterocycles. The summed E-state index contributed by atoms with van der Waals surface area (Å²) in [7, 11) is 0. The molecule has 0 aromatic heterocycles. The monoisotopic (exact) mass is 618 g/mol. The summed E-state index contributed by atoms with van der Waals surface area (Å²) in [4.78, 5) is 81.0. The average Bonchev–Trinajstić information content (AvgIpc) is 2.99. The predicted octanol–water partition coefficient (Wildman–Crippen LogP) is -0.572. The number of rotatable bonds is 17. The second kappa shape index (κ2) is 18.6. The molecule has 1 atom stereocenters. The highest BCUT2D eigenvalue weighted by Crippen LogP contribution is 2.17. The topological polar surface area (TPSA) is 254 Å². The van der Waals surface area contributed by atoms with Crippen molar-refractivity contribution in [2.75, 3.05) is 39.6 Å². The van der Waals surface area contributed by atoms with Gasteiger partial charge in [-0.05, 0) is 17.7 Å². The zero-order valence-electron chi connectivity index (χ0n) is 23.1. The van der Waals surface area contributed by atoms with Crippen molar-refractivity contribution < 1.29 is 53.0 Å². The maximum Gasteiger partial charge on any atom is 0.513 e. The fraction of sp³-hybridized carbons (Fsp3) is 0.308. The van der Waals surface area contributed by atoms with Gasteiger partial charge in [-0.1, -0.05) is 30.3 Å². The number of carbonyl (C=O) groups excluding carboxylic acids is 5. The first-order valence-electron chi connectivity index (χ1n) is 12.8. The summed E-state index contributed by atoms with van der Waals surface area (Å²) in [5.74, 6) is -2.74. The maximum absolute atomic E-state index is 12.8. The lowest BCUT2D eigenvalue weighted by molar-refractivity contribution is -0.384. The zero-order chi connectivity index (χ0) is 32.3. The van der Waals surface area contributed by atoms with Gasteiger partial charge < -0.3 is 45.9 Å². The molecule has 0 aliphatic rings. The second-order valence-electron chi connectivity index (χ2n) is 8.57. The molecule has 0 bridgehead atoms. The third-order valence-electron chi connectivity index (χ3n) is 5.27. The lowest BCUT2D eigenvalue weighted by atomic mass is 10.1. The number of non-ortho nitro benzene ring substituents is 1. The van der Waals surface area contributed by atoms with E-state index < -0.39 is 66.5 Å². The van der Waals surface area contributed by atoms with Crippen LogP contribution in [0.4, 0.5) is 15.3 Å². The van der Waals surface area contributed by atoms with Crippen LogP contribution in [0.3, 0.4) is 0 Å². The Bertz CT molecular complexity index is 1310. The Hall–Kier alpha value is -5.78. The molecule has 0 saturated heterocycles. The molecule has 0 radical (unpaired) electrons. The highest BCUT2D eigenvalue weighted by Gasteiger charge is 2.22. The number of ether oxygens (including phenoxy) is 3. The number of hydrogen-bond donors (Lipinski definition) is 6. The van der Waals surface area contributed by atoms with Crippen LogP contribution >= 0.6 is 0 Å². The van der Waals surface area contributed by atoms with E-state index in [1.165, 1.54) is 12.1 Å². The van der Waals surface area contributed by atoms with E-state index in [4.69, 9.17) is 19.3 Å². The van der Waals surface area contributed by atoms with Gasteiger partial charge in [0.25, 0.3) is 5.69 Å². The molecule has 0 saturated carbocycles. The fourth-order valence-corrected chi connectivity index (χ4v) is 3.20. The van der Waals surface area contributed by atoms with Crippen molar-refractivity contribution in [2.24, 2.45) is 0 Å². The summed E-state index contributed by atoms with van der Waals surface area (Å²) < 4.78 is 14.8. The van der Waals surface area contributed by atoms with E-state index in [2.05, 4.69) is 21.3 Å². The lowest BCUT2D eigenvalue weighted by Crippen LogP contribution is -2.52. The molecule has 5 amide bonds. The summed E-state index contributed by atoms with van der Waals surface area (Å²) in [5.41, 5.74) is 0.534. The predicted molar refractivity (Wildman–Crippen MR) is 148 cm³/mol. The largest absolute Gasteiger partial charge is 0.513 e. The summed E-state index contributed by atoms with van der Waals surface area (Å²) in [6, 6.07) is 12.4. The molecule has 2 aromatic rings. The molecule has 18 nitrogen and oxygen atoms in total.